The summed E-state index contributed by atoms with van der Waals surface area (Å²) in [5.74, 6) is 0. The molecular weight excluding hydrogens is 146 g/mol. The molecule has 0 fully saturated rings. The van der Waals surface area contributed by atoms with Gasteiger partial charge in [-0.25, -0.2) is 0 Å². The first-order valence-electron chi connectivity index (χ1n) is 4.13. The zero-order valence-corrected chi connectivity index (χ0v) is 8.17. The zero-order valence-electron chi connectivity index (χ0n) is 8.17. The molecule has 0 saturated heterocycles. The lowest BCUT2D eigenvalue weighted by Gasteiger charge is -1.85. The van der Waals surface area contributed by atoms with Gasteiger partial charge in [-0.15, -0.1) is 0 Å². The molecule has 0 spiro atoms. The molecule has 0 aliphatic rings. The van der Waals surface area contributed by atoms with Crippen molar-refractivity contribution in [2.75, 3.05) is 0 Å². The third-order valence-electron chi connectivity index (χ3n) is 0.986. The summed E-state index contributed by atoms with van der Waals surface area (Å²) in [6.45, 7) is 9.45. The second-order valence-electron chi connectivity index (χ2n) is 1.97. The normalized spacial score (nSPS) is 10.0. The topological polar surface area (TPSA) is 23.8 Å². The van der Waals surface area contributed by atoms with Crippen molar-refractivity contribution in [1.82, 2.24) is 0 Å². The molecule has 0 rings (SSSR count). The molecule has 66 valence electrons. The summed E-state index contributed by atoms with van der Waals surface area (Å²) >= 11 is 0. The molecule has 0 bridgehead atoms. The molecule has 0 unspecified atom stereocenters. The van der Waals surface area contributed by atoms with Crippen molar-refractivity contribution < 1.29 is 0 Å². The van der Waals surface area contributed by atoms with Crippen molar-refractivity contribution in [2.45, 2.75) is 27.2 Å². The van der Waals surface area contributed by atoms with Gasteiger partial charge in [-0.05, 0) is 6.92 Å². The Labute approximate surface area is 75.7 Å². The van der Waals surface area contributed by atoms with Gasteiger partial charge in [0.05, 0.1) is 12.5 Å². The lowest BCUT2D eigenvalue weighted by Crippen LogP contribution is -1.69. The average molecular weight is 163 g/mol. The van der Waals surface area contributed by atoms with Crippen LogP contribution in [0.15, 0.2) is 36.5 Å². The van der Waals surface area contributed by atoms with Crippen LogP contribution in [0.25, 0.3) is 0 Å². The highest BCUT2D eigenvalue weighted by Crippen LogP contribution is 1.97. The van der Waals surface area contributed by atoms with E-state index in [1.807, 2.05) is 39.0 Å². The fourth-order valence-corrected chi connectivity index (χ4v) is 0.482. The van der Waals surface area contributed by atoms with Crippen LogP contribution in [-0.4, -0.2) is 0 Å². The molecule has 1 nitrogen and oxygen atoms in total. The third kappa shape index (κ3) is 11.5. The van der Waals surface area contributed by atoms with Gasteiger partial charge in [0.2, 0.25) is 0 Å². The summed E-state index contributed by atoms with van der Waals surface area (Å²) < 4.78 is 0. The van der Waals surface area contributed by atoms with Gasteiger partial charge in [0.25, 0.3) is 0 Å². The molecular formula is C11H17N. The van der Waals surface area contributed by atoms with Crippen molar-refractivity contribution >= 4 is 0 Å². The molecule has 0 aromatic heterocycles. The predicted octanol–water partition coefficient (Wildman–Crippen LogP) is 3.61. The highest BCUT2D eigenvalue weighted by Gasteiger charge is 1.81. The van der Waals surface area contributed by atoms with Crippen LogP contribution in [0.5, 0.6) is 0 Å². The van der Waals surface area contributed by atoms with Gasteiger partial charge in [0.1, 0.15) is 0 Å². The molecule has 0 saturated carbocycles. The summed E-state index contributed by atoms with van der Waals surface area (Å²) in [6.07, 6.45) is 7.82. The van der Waals surface area contributed by atoms with Gasteiger partial charge < -0.3 is 0 Å². The maximum Gasteiger partial charge on any atom is 0.0666 e. The minimum absolute atomic E-state index is 0.501. The number of nitriles is 1. The van der Waals surface area contributed by atoms with Crippen molar-refractivity contribution in [3.63, 3.8) is 0 Å². The Balaban J connectivity index is 0. The summed E-state index contributed by atoms with van der Waals surface area (Å²) in [5.41, 5.74) is 1.07. The Kier molecular flexibility index (Phi) is 13.7. The number of hydrogen-bond donors (Lipinski definition) is 0. The Hall–Kier alpha value is -1.29. The van der Waals surface area contributed by atoms with Crippen LogP contribution < -0.4 is 0 Å². The predicted molar refractivity (Wildman–Crippen MR) is 54.7 cm³/mol. The Morgan fingerprint density at radius 2 is 2.00 bits per heavy atom. The van der Waals surface area contributed by atoms with E-state index in [1.165, 1.54) is 0 Å². The molecule has 0 atom stereocenters. The summed E-state index contributed by atoms with van der Waals surface area (Å²) in [5, 5.41) is 8.26. The van der Waals surface area contributed by atoms with E-state index in [9.17, 15) is 0 Å². The van der Waals surface area contributed by atoms with Gasteiger partial charge in [-0.2, -0.15) is 5.26 Å². The van der Waals surface area contributed by atoms with E-state index in [4.69, 9.17) is 5.26 Å². The van der Waals surface area contributed by atoms with Crippen molar-refractivity contribution in [3.8, 4) is 6.07 Å². The van der Waals surface area contributed by atoms with Crippen LogP contribution in [-0.2, 0) is 0 Å². The van der Waals surface area contributed by atoms with Gasteiger partial charge in [0, 0.05) is 0 Å². The minimum Gasteiger partial charge on any atom is -0.198 e. The maximum atomic E-state index is 8.26. The van der Waals surface area contributed by atoms with E-state index in [-0.39, 0.29) is 0 Å². The number of allylic oxidation sites excluding steroid dienone is 5. The molecule has 12 heavy (non-hydrogen) atoms. The Morgan fingerprint density at radius 3 is 2.42 bits per heavy atom. The van der Waals surface area contributed by atoms with Crippen LogP contribution in [0.3, 0.4) is 0 Å². The van der Waals surface area contributed by atoms with Crippen LogP contribution in [0.1, 0.15) is 27.2 Å². The minimum atomic E-state index is 0.501. The molecule has 0 radical (unpaired) electrons. The number of rotatable bonds is 3. The van der Waals surface area contributed by atoms with E-state index in [1.54, 1.807) is 6.08 Å². The number of hydrogen-bond acceptors (Lipinski definition) is 1. The highest BCUT2D eigenvalue weighted by atomic mass is 14.2. The largest absolute Gasteiger partial charge is 0.198 e. The van der Waals surface area contributed by atoms with Crippen LogP contribution in [0.4, 0.5) is 0 Å². The van der Waals surface area contributed by atoms with Gasteiger partial charge in [-0.3, -0.25) is 0 Å². The van der Waals surface area contributed by atoms with Crippen LogP contribution in [0, 0.1) is 11.3 Å². The lowest BCUT2D eigenvalue weighted by atomic mass is 10.2. The fourth-order valence-electron chi connectivity index (χ4n) is 0.482. The van der Waals surface area contributed by atoms with E-state index >= 15 is 0 Å². The van der Waals surface area contributed by atoms with E-state index < -0.39 is 0 Å². The molecule has 1 heteroatoms. The summed E-state index contributed by atoms with van der Waals surface area (Å²) in [7, 11) is 0. The SMILES string of the molecule is C=C/C=C\C=C(/C)CC#N.CC. The highest BCUT2D eigenvalue weighted by molar-refractivity contribution is 5.16. The summed E-state index contributed by atoms with van der Waals surface area (Å²) in [6, 6.07) is 2.07. The molecule has 0 heterocycles. The van der Waals surface area contributed by atoms with Gasteiger partial charge in [-0.1, -0.05) is 50.3 Å². The average Bonchev–Trinajstić information content (AvgIpc) is 2.09. The second-order valence-corrected chi connectivity index (χ2v) is 1.97. The second kappa shape index (κ2) is 12.4. The molecule has 0 aromatic carbocycles. The van der Waals surface area contributed by atoms with Crippen LogP contribution >= 0.6 is 0 Å². The first-order chi connectivity index (χ1) is 5.81. The molecule has 0 aliphatic carbocycles. The quantitative estimate of drug-likeness (QED) is 0.583. The first-order valence-corrected chi connectivity index (χ1v) is 4.13. The van der Waals surface area contributed by atoms with Gasteiger partial charge in [0.15, 0.2) is 0 Å². The first kappa shape index (κ1) is 13.3. The van der Waals surface area contributed by atoms with Crippen molar-refractivity contribution in [2.24, 2.45) is 0 Å². The van der Waals surface area contributed by atoms with Gasteiger partial charge >= 0.3 is 0 Å². The molecule has 0 N–H and O–H groups in total. The maximum absolute atomic E-state index is 8.26. The van der Waals surface area contributed by atoms with E-state index in [0.717, 1.165) is 5.57 Å². The number of nitrogens with zero attached hydrogens (tertiary/aromatic N) is 1. The smallest absolute Gasteiger partial charge is 0.0666 e. The third-order valence-corrected chi connectivity index (χ3v) is 0.986. The van der Waals surface area contributed by atoms with E-state index in [2.05, 4.69) is 12.6 Å². The van der Waals surface area contributed by atoms with Crippen molar-refractivity contribution in [1.29, 1.82) is 5.26 Å². The van der Waals surface area contributed by atoms with E-state index in [0.29, 0.717) is 6.42 Å². The van der Waals surface area contributed by atoms with Crippen molar-refractivity contribution in [3.05, 3.63) is 36.5 Å². The summed E-state index contributed by atoms with van der Waals surface area (Å²) in [4.78, 5) is 0. The standard InChI is InChI=1S/C9H11N.C2H6/c1-3-4-5-6-9(2)7-8-10;1-2/h3-6H,1,7H2,2H3;1-2H3/b5-4-,9-6+;. The Bertz CT molecular complexity index is 192. The monoisotopic (exact) mass is 163 g/mol. The Morgan fingerprint density at radius 1 is 1.42 bits per heavy atom. The van der Waals surface area contributed by atoms with Crippen LogP contribution in [0.2, 0.25) is 0 Å². The lowest BCUT2D eigenvalue weighted by molar-refractivity contribution is 1.21. The fraction of sp³-hybridized carbons (Fsp3) is 0.364. The molecule has 0 amide bonds. The molecule has 0 aromatic rings. The zero-order chi connectivity index (χ0) is 9.82. The molecule has 0 aliphatic heterocycles.